The molecule has 1 aromatic heterocycles. The molecule has 6 nitrogen and oxygen atoms in total. The van der Waals surface area contributed by atoms with Crippen LogP contribution in [0.4, 0.5) is 5.69 Å². The minimum atomic E-state index is -0.0811. The maximum atomic E-state index is 12.3. The van der Waals surface area contributed by atoms with Gasteiger partial charge in [-0.25, -0.2) is 0 Å². The quantitative estimate of drug-likeness (QED) is 0.691. The highest BCUT2D eigenvalue weighted by molar-refractivity contribution is 7.08. The Bertz CT molecular complexity index is 756. The Balaban J connectivity index is 1.38. The van der Waals surface area contributed by atoms with Crippen LogP contribution in [0.1, 0.15) is 28.8 Å². The van der Waals surface area contributed by atoms with E-state index in [4.69, 9.17) is 4.74 Å². The molecule has 0 atom stereocenters. The monoisotopic (exact) mass is 401 g/mol. The zero-order valence-corrected chi connectivity index (χ0v) is 17.0. The molecule has 0 unspecified atom stereocenters. The van der Waals surface area contributed by atoms with Gasteiger partial charge in [0.15, 0.2) is 0 Å². The molecule has 0 saturated carbocycles. The molecule has 1 saturated heterocycles. The number of rotatable bonds is 8. The van der Waals surface area contributed by atoms with Crippen molar-refractivity contribution in [2.24, 2.45) is 0 Å². The summed E-state index contributed by atoms with van der Waals surface area (Å²) in [6.07, 6.45) is 1.06. The molecule has 1 aliphatic heterocycles. The van der Waals surface area contributed by atoms with Gasteiger partial charge in [0.05, 0.1) is 13.2 Å². The van der Waals surface area contributed by atoms with Gasteiger partial charge in [0.1, 0.15) is 0 Å². The lowest BCUT2D eigenvalue weighted by molar-refractivity contribution is -0.130. The molecule has 2 aromatic rings. The molecular weight excluding hydrogens is 374 g/mol. The largest absolute Gasteiger partial charge is 0.378 e. The van der Waals surface area contributed by atoms with Gasteiger partial charge in [0.2, 0.25) is 5.91 Å². The molecule has 2 heterocycles. The zero-order valence-electron chi connectivity index (χ0n) is 16.2. The van der Waals surface area contributed by atoms with Crippen LogP contribution in [0.25, 0.3) is 0 Å². The van der Waals surface area contributed by atoms with Crippen LogP contribution in [-0.2, 0) is 16.1 Å². The molecule has 0 radical (unpaired) electrons. The van der Waals surface area contributed by atoms with Crippen molar-refractivity contribution in [2.75, 3.05) is 44.8 Å². The Morgan fingerprint density at radius 1 is 1.18 bits per heavy atom. The lowest BCUT2D eigenvalue weighted by Crippen LogP contribution is -2.36. The molecule has 3 rings (SSSR count). The number of amides is 2. The van der Waals surface area contributed by atoms with Crippen molar-refractivity contribution in [3.63, 3.8) is 0 Å². The molecule has 1 N–H and O–H groups in total. The van der Waals surface area contributed by atoms with Crippen LogP contribution in [0.15, 0.2) is 41.1 Å². The normalized spacial score (nSPS) is 14.0. The van der Waals surface area contributed by atoms with Crippen molar-refractivity contribution >= 4 is 28.8 Å². The van der Waals surface area contributed by atoms with Crippen molar-refractivity contribution in [1.29, 1.82) is 0 Å². The van der Waals surface area contributed by atoms with Crippen molar-refractivity contribution in [3.8, 4) is 0 Å². The van der Waals surface area contributed by atoms with Gasteiger partial charge in [-0.15, -0.1) is 0 Å². The summed E-state index contributed by atoms with van der Waals surface area (Å²) in [4.78, 5) is 28.2. The first-order valence-corrected chi connectivity index (χ1v) is 10.5. The number of thiophene rings is 1. The molecule has 1 aromatic carbocycles. The standard InChI is InChI=1S/C21H27N3O3S/c1-23(20(25)3-2-9-22-21(26)18-8-14-28-16-18)15-17-4-6-19(7-5-17)24-10-12-27-13-11-24/h4-8,14,16H,2-3,9-13,15H2,1H3,(H,22,26). The Morgan fingerprint density at radius 3 is 2.61 bits per heavy atom. The van der Waals surface area contributed by atoms with Crippen LogP contribution in [-0.4, -0.2) is 56.6 Å². The maximum Gasteiger partial charge on any atom is 0.252 e. The fourth-order valence-electron chi connectivity index (χ4n) is 3.12. The second-order valence-corrected chi connectivity index (χ2v) is 7.67. The third-order valence-corrected chi connectivity index (χ3v) is 5.48. The number of carbonyl (C=O) groups is 2. The molecule has 0 aliphatic carbocycles. The van der Waals surface area contributed by atoms with Crippen molar-refractivity contribution in [1.82, 2.24) is 10.2 Å². The highest BCUT2D eigenvalue weighted by Crippen LogP contribution is 2.17. The second kappa shape index (κ2) is 10.2. The first-order chi connectivity index (χ1) is 13.6. The smallest absolute Gasteiger partial charge is 0.252 e. The molecule has 2 amide bonds. The maximum absolute atomic E-state index is 12.3. The zero-order chi connectivity index (χ0) is 19.8. The summed E-state index contributed by atoms with van der Waals surface area (Å²) >= 11 is 1.50. The van der Waals surface area contributed by atoms with E-state index in [2.05, 4.69) is 34.5 Å². The van der Waals surface area contributed by atoms with Crippen LogP contribution in [0.5, 0.6) is 0 Å². The topological polar surface area (TPSA) is 61.9 Å². The number of morpholine rings is 1. The van der Waals surface area contributed by atoms with Crippen LogP contribution in [0, 0.1) is 0 Å². The number of nitrogens with zero attached hydrogens (tertiary/aromatic N) is 2. The predicted octanol–water partition coefficient (Wildman–Crippen LogP) is 2.75. The highest BCUT2D eigenvalue weighted by Gasteiger charge is 2.13. The van der Waals surface area contributed by atoms with E-state index in [0.717, 1.165) is 31.9 Å². The molecule has 0 bridgehead atoms. The summed E-state index contributed by atoms with van der Waals surface area (Å²) in [5, 5.41) is 6.54. The Morgan fingerprint density at radius 2 is 1.93 bits per heavy atom. The molecular formula is C21H27N3O3S. The number of hydrogen-bond donors (Lipinski definition) is 1. The third-order valence-electron chi connectivity index (χ3n) is 4.79. The summed E-state index contributed by atoms with van der Waals surface area (Å²) in [5.41, 5.74) is 2.98. The molecule has 28 heavy (non-hydrogen) atoms. The minimum Gasteiger partial charge on any atom is -0.378 e. The number of anilines is 1. The van der Waals surface area contributed by atoms with E-state index in [1.54, 1.807) is 11.0 Å². The van der Waals surface area contributed by atoms with E-state index in [0.29, 0.717) is 31.5 Å². The highest BCUT2D eigenvalue weighted by atomic mass is 32.1. The van der Waals surface area contributed by atoms with Gasteiger partial charge < -0.3 is 19.9 Å². The molecule has 150 valence electrons. The Hall–Kier alpha value is -2.38. The number of hydrogen-bond acceptors (Lipinski definition) is 5. The number of carbonyl (C=O) groups excluding carboxylic acids is 2. The summed E-state index contributed by atoms with van der Waals surface area (Å²) in [6.45, 7) is 4.47. The van der Waals surface area contributed by atoms with E-state index >= 15 is 0 Å². The number of ether oxygens (including phenoxy) is 1. The fraction of sp³-hybridized carbons (Fsp3) is 0.429. The first-order valence-electron chi connectivity index (χ1n) is 9.59. The van der Waals surface area contributed by atoms with Crippen LogP contribution in [0.2, 0.25) is 0 Å². The lowest BCUT2D eigenvalue weighted by Gasteiger charge is -2.29. The molecule has 0 spiro atoms. The lowest BCUT2D eigenvalue weighted by atomic mass is 10.1. The van der Waals surface area contributed by atoms with Crippen molar-refractivity contribution in [2.45, 2.75) is 19.4 Å². The van der Waals surface area contributed by atoms with Gasteiger partial charge in [-0.05, 0) is 35.6 Å². The average molecular weight is 402 g/mol. The van der Waals surface area contributed by atoms with E-state index in [-0.39, 0.29) is 11.8 Å². The van der Waals surface area contributed by atoms with Crippen LogP contribution >= 0.6 is 11.3 Å². The Kier molecular flexibility index (Phi) is 7.45. The van der Waals surface area contributed by atoms with Crippen molar-refractivity contribution < 1.29 is 14.3 Å². The fourth-order valence-corrected chi connectivity index (χ4v) is 3.76. The van der Waals surface area contributed by atoms with E-state index in [9.17, 15) is 9.59 Å². The van der Waals surface area contributed by atoms with Crippen molar-refractivity contribution in [3.05, 3.63) is 52.2 Å². The van der Waals surface area contributed by atoms with Crippen LogP contribution in [0.3, 0.4) is 0 Å². The minimum absolute atomic E-state index is 0.0811. The second-order valence-electron chi connectivity index (χ2n) is 6.89. The summed E-state index contributed by atoms with van der Waals surface area (Å²) in [6, 6.07) is 10.2. The predicted molar refractivity (Wildman–Crippen MR) is 112 cm³/mol. The average Bonchev–Trinajstić information content (AvgIpc) is 3.27. The van der Waals surface area contributed by atoms with Crippen LogP contribution < -0.4 is 10.2 Å². The first kappa shape index (κ1) is 20.4. The van der Waals surface area contributed by atoms with Gasteiger partial charge in [-0.3, -0.25) is 9.59 Å². The number of benzene rings is 1. The Labute approximate surface area is 170 Å². The third kappa shape index (κ3) is 5.81. The molecule has 7 heteroatoms. The molecule has 1 fully saturated rings. The van der Waals surface area contributed by atoms with Gasteiger partial charge in [-0.2, -0.15) is 11.3 Å². The number of nitrogens with one attached hydrogen (secondary N) is 1. The van der Waals surface area contributed by atoms with E-state index in [1.807, 2.05) is 17.8 Å². The SMILES string of the molecule is CN(Cc1ccc(N2CCOCC2)cc1)C(=O)CCCNC(=O)c1ccsc1. The van der Waals surface area contributed by atoms with E-state index in [1.165, 1.54) is 17.0 Å². The van der Waals surface area contributed by atoms with Gasteiger partial charge in [0, 0.05) is 56.3 Å². The van der Waals surface area contributed by atoms with Gasteiger partial charge in [-0.1, -0.05) is 12.1 Å². The molecule has 1 aliphatic rings. The van der Waals surface area contributed by atoms with E-state index < -0.39 is 0 Å². The summed E-state index contributed by atoms with van der Waals surface area (Å²) in [7, 11) is 1.82. The summed E-state index contributed by atoms with van der Waals surface area (Å²) in [5.74, 6) is 0.00412. The summed E-state index contributed by atoms with van der Waals surface area (Å²) < 4.78 is 5.39. The van der Waals surface area contributed by atoms with Gasteiger partial charge >= 0.3 is 0 Å². The van der Waals surface area contributed by atoms with Gasteiger partial charge in [0.25, 0.3) is 5.91 Å².